The molecule has 2 aromatic rings. The summed E-state index contributed by atoms with van der Waals surface area (Å²) in [6.07, 6.45) is 3.85. The van der Waals surface area contributed by atoms with E-state index in [1.54, 1.807) is 39.3 Å². The van der Waals surface area contributed by atoms with E-state index in [0.29, 0.717) is 17.2 Å². The average Bonchev–Trinajstić information content (AvgIpc) is 2.68. The van der Waals surface area contributed by atoms with Crippen molar-refractivity contribution in [2.24, 2.45) is 0 Å². The Balaban J connectivity index is 1.71. The van der Waals surface area contributed by atoms with E-state index in [-0.39, 0.29) is 5.91 Å². The summed E-state index contributed by atoms with van der Waals surface area (Å²) in [4.78, 5) is 12.6. The lowest BCUT2D eigenvalue weighted by Crippen LogP contribution is -2.30. The first kappa shape index (κ1) is 18.1. The molecule has 1 unspecified atom stereocenters. The molecule has 0 fully saturated rings. The number of aryl methyl sites for hydroxylation is 1. The third kappa shape index (κ3) is 3.93. The van der Waals surface area contributed by atoms with Crippen molar-refractivity contribution in [1.29, 1.82) is 0 Å². The Morgan fingerprint density at radius 2 is 1.85 bits per heavy atom. The maximum atomic E-state index is 12.6. The smallest absolute Gasteiger partial charge is 0.265 e. The zero-order chi connectivity index (χ0) is 18.5. The van der Waals surface area contributed by atoms with Crippen LogP contribution in [0.5, 0.6) is 17.2 Å². The van der Waals surface area contributed by atoms with Crippen molar-refractivity contribution in [2.75, 3.05) is 19.5 Å². The number of fused-ring (bicyclic) bond motifs is 1. The number of nitrogens with one attached hydrogen (secondary N) is 1. The quantitative estimate of drug-likeness (QED) is 0.851. The highest BCUT2D eigenvalue weighted by Gasteiger charge is 2.20. The number of amides is 1. The Bertz CT molecular complexity index is 788. The Labute approximate surface area is 154 Å². The molecule has 1 aliphatic carbocycles. The van der Waals surface area contributed by atoms with Gasteiger partial charge >= 0.3 is 0 Å². The summed E-state index contributed by atoms with van der Waals surface area (Å²) in [5.74, 6) is 1.80. The van der Waals surface area contributed by atoms with Crippen molar-refractivity contribution in [3.05, 3.63) is 47.5 Å². The highest BCUT2D eigenvalue weighted by Crippen LogP contribution is 2.31. The molecule has 3 rings (SSSR count). The van der Waals surface area contributed by atoms with Crippen LogP contribution in [-0.2, 0) is 17.6 Å². The molecule has 0 radical (unpaired) electrons. The molecule has 1 N–H and O–H groups in total. The average molecular weight is 355 g/mol. The fraction of sp³-hybridized carbons (Fsp3) is 0.381. The summed E-state index contributed by atoms with van der Waals surface area (Å²) in [5.41, 5.74) is 3.16. The predicted molar refractivity (Wildman–Crippen MR) is 101 cm³/mol. The van der Waals surface area contributed by atoms with E-state index in [2.05, 4.69) is 11.4 Å². The molecule has 0 aromatic heterocycles. The van der Waals surface area contributed by atoms with Gasteiger partial charge in [0.1, 0.15) is 17.2 Å². The van der Waals surface area contributed by atoms with Crippen LogP contribution in [-0.4, -0.2) is 26.2 Å². The van der Waals surface area contributed by atoms with E-state index in [4.69, 9.17) is 14.2 Å². The van der Waals surface area contributed by atoms with Crippen molar-refractivity contribution in [2.45, 2.75) is 38.7 Å². The first-order valence-electron chi connectivity index (χ1n) is 8.92. The Morgan fingerprint density at radius 3 is 2.62 bits per heavy atom. The van der Waals surface area contributed by atoms with Crippen LogP contribution >= 0.6 is 0 Å². The van der Waals surface area contributed by atoms with E-state index in [0.717, 1.165) is 25.0 Å². The summed E-state index contributed by atoms with van der Waals surface area (Å²) in [5, 5.41) is 2.87. The molecular formula is C21H25NO4. The molecule has 0 saturated carbocycles. The zero-order valence-electron chi connectivity index (χ0n) is 15.5. The Hall–Kier alpha value is -2.69. The number of anilines is 1. The largest absolute Gasteiger partial charge is 0.497 e. The van der Waals surface area contributed by atoms with E-state index >= 15 is 0 Å². The fourth-order valence-corrected chi connectivity index (χ4v) is 3.24. The minimum atomic E-state index is -0.616. The van der Waals surface area contributed by atoms with Gasteiger partial charge in [0.25, 0.3) is 5.91 Å². The van der Waals surface area contributed by atoms with Gasteiger partial charge in [-0.15, -0.1) is 0 Å². The number of rotatable bonds is 6. The molecule has 0 heterocycles. The topological polar surface area (TPSA) is 56.8 Å². The molecule has 5 nitrogen and oxygen atoms in total. The molecular weight excluding hydrogens is 330 g/mol. The van der Waals surface area contributed by atoms with E-state index in [1.807, 2.05) is 12.1 Å². The summed E-state index contributed by atoms with van der Waals surface area (Å²) >= 11 is 0. The van der Waals surface area contributed by atoms with Crippen molar-refractivity contribution in [1.82, 2.24) is 0 Å². The normalized spacial score (nSPS) is 14.1. The zero-order valence-corrected chi connectivity index (χ0v) is 15.5. The number of methoxy groups -OCH3 is 2. The summed E-state index contributed by atoms with van der Waals surface area (Å²) < 4.78 is 16.5. The highest BCUT2D eigenvalue weighted by atomic mass is 16.5. The third-order valence-corrected chi connectivity index (χ3v) is 4.69. The molecule has 26 heavy (non-hydrogen) atoms. The molecule has 138 valence electrons. The highest BCUT2D eigenvalue weighted by molar-refractivity contribution is 5.95. The van der Waals surface area contributed by atoms with Gasteiger partial charge in [0, 0.05) is 6.07 Å². The van der Waals surface area contributed by atoms with Gasteiger partial charge < -0.3 is 19.5 Å². The first-order valence-corrected chi connectivity index (χ1v) is 8.92. The van der Waals surface area contributed by atoms with Gasteiger partial charge in [0.15, 0.2) is 6.10 Å². The summed E-state index contributed by atoms with van der Waals surface area (Å²) in [6.45, 7) is 1.76. The van der Waals surface area contributed by atoms with Gasteiger partial charge in [0.2, 0.25) is 0 Å². The minimum Gasteiger partial charge on any atom is -0.497 e. The van der Waals surface area contributed by atoms with Gasteiger partial charge in [0.05, 0.1) is 19.9 Å². The second kappa shape index (κ2) is 8.13. The molecule has 0 aliphatic heterocycles. The van der Waals surface area contributed by atoms with Gasteiger partial charge in [-0.2, -0.15) is 0 Å². The van der Waals surface area contributed by atoms with Crippen LogP contribution in [0.15, 0.2) is 36.4 Å². The molecule has 0 saturated heterocycles. The van der Waals surface area contributed by atoms with Gasteiger partial charge in [-0.1, -0.05) is 12.1 Å². The number of hydrogen-bond donors (Lipinski definition) is 1. The number of benzene rings is 2. The third-order valence-electron chi connectivity index (χ3n) is 4.69. The second-order valence-corrected chi connectivity index (χ2v) is 6.42. The van der Waals surface area contributed by atoms with E-state index in [1.165, 1.54) is 17.5 Å². The SMILES string of the molecule is COc1ccc(NC(=O)C(C)Oc2cccc3c2CCCC3)c(OC)c1. The van der Waals surface area contributed by atoms with Crippen LogP contribution in [0.3, 0.4) is 0 Å². The Kier molecular flexibility index (Phi) is 5.66. The van der Waals surface area contributed by atoms with Crippen LogP contribution in [0.25, 0.3) is 0 Å². The predicted octanol–water partition coefficient (Wildman–Crippen LogP) is 3.99. The van der Waals surface area contributed by atoms with E-state index < -0.39 is 6.10 Å². The minimum absolute atomic E-state index is 0.220. The van der Waals surface area contributed by atoms with Crippen LogP contribution < -0.4 is 19.5 Å². The standard InChI is InChI=1S/C21H25NO4/c1-14(26-19-10-6-8-15-7-4-5-9-17(15)19)21(23)22-18-12-11-16(24-2)13-20(18)25-3/h6,8,10-14H,4-5,7,9H2,1-3H3,(H,22,23). The maximum Gasteiger partial charge on any atom is 0.265 e. The lowest BCUT2D eigenvalue weighted by atomic mass is 9.91. The molecule has 0 bridgehead atoms. The van der Waals surface area contributed by atoms with Crippen molar-refractivity contribution in [3.63, 3.8) is 0 Å². The monoisotopic (exact) mass is 355 g/mol. The molecule has 1 amide bonds. The summed E-state index contributed by atoms with van der Waals surface area (Å²) in [6, 6.07) is 11.4. The molecule has 1 atom stereocenters. The van der Waals surface area contributed by atoms with E-state index in [9.17, 15) is 4.79 Å². The molecule has 1 aliphatic rings. The lowest BCUT2D eigenvalue weighted by Gasteiger charge is -2.22. The van der Waals surface area contributed by atoms with Crippen molar-refractivity contribution >= 4 is 11.6 Å². The van der Waals surface area contributed by atoms with Gasteiger partial charge in [-0.05, 0) is 61.9 Å². The number of carbonyl (C=O) groups is 1. The van der Waals surface area contributed by atoms with Crippen LogP contribution in [0.2, 0.25) is 0 Å². The first-order chi connectivity index (χ1) is 12.6. The van der Waals surface area contributed by atoms with Gasteiger partial charge in [-0.25, -0.2) is 0 Å². The molecule has 2 aromatic carbocycles. The van der Waals surface area contributed by atoms with Crippen LogP contribution in [0, 0.1) is 0 Å². The molecule has 0 spiro atoms. The number of ether oxygens (including phenoxy) is 3. The second-order valence-electron chi connectivity index (χ2n) is 6.42. The lowest BCUT2D eigenvalue weighted by molar-refractivity contribution is -0.122. The van der Waals surface area contributed by atoms with Crippen molar-refractivity contribution < 1.29 is 19.0 Å². The van der Waals surface area contributed by atoms with Gasteiger partial charge in [-0.3, -0.25) is 4.79 Å². The van der Waals surface area contributed by atoms with Crippen LogP contribution in [0.1, 0.15) is 30.9 Å². The molecule has 5 heteroatoms. The summed E-state index contributed by atoms with van der Waals surface area (Å²) in [7, 11) is 3.14. The number of carbonyl (C=O) groups excluding carboxylic acids is 1. The van der Waals surface area contributed by atoms with Crippen LogP contribution in [0.4, 0.5) is 5.69 Å². The Morgan fingerprint density at radius 1 is 1.04 bits per heavy atom. The number of hydrogen-bond acceptors (Lipinski definition) is 4. The van der Waals surface area contributed by atoms with Crippen molar-refractivity contribution in [3.8, 4) is 17.2 Å². The fourth-order valence-electron chi connectivity index (χ4n) is 3.24. The maximum absolute atomic E-state index is 12.6.